The predicted octanol–water partition coefficient (Wildman–Crippen LogP) is 9.79. The topological polar surface area (TPSA) is 38.7 Å². The molecule has 0 spiro atoms. The van der Waals surface area contributed by atoms with Gasteiger partial charge in [-0.1, -0.05) is 68.1 Å². The molecular formula is C28H27BrCl3F4NO2. The van der Waals surface area contributed by atoms with E-state index < -0.39 is 41.4 Å². The summed E-state index contributed by atoms with van der Waals surface area (Å²) in [6, 6.07) is 4.54. The van der Waals surface area contributed by atoms with Crippen LogP contribution in [0, 0.1) is 29.5 Å². The molecule has 0 bridgehead atoms. The lowest BCUT2D eigenvalue weighted by atomic mass is 9.68. The number of benzene rings is 2. The molecule has 3 nitrogen and oxygen atoms in total. The van der Waals surface area contributed by atoms with Crippen molar-refractivity contribution in [3.63, 3.8) is 0 Å². The van der Waals surface area contributed by atoms with Crippen LogP contribution in [0.3, 0.4) is 0 Å². The fourth-order valence-corrected chi connectivity index (χ4v) is 6.83. The van der Waals surface area contributed by atoms with Gasteiger partial charge in [0, 0.05) is 6.21 Å². The molecule has 0 amide bonds. The maximum Gasteiger partial charge on any atom is 0.404 e. The van der Waals surface area contributed by atoms with Crippen molar-refractivity contribution in [2.75, 3.05) is 0 Å². The summed E-state index contributed by atoms with van der Waals surface area (Å²) in [5.74, 6) is -3.09. The number of alkyl halides is 3. The Morgan fingerprint density at radius 2 is 1.77 bits per heavy atom. The van der Waals surface area contributed by atoms with Gasteiger partial charge in [0.25, 0.3) is 0 Å². The Labute approximate surface area is 248 Å². The van der Waals surface area contributed by atoms with Gasteiger partial charge in [0.2, 0.25) is 0 Å². The highest BCUT2D eigenvalue weighted by Crippen LogP contribution is 2.56. The van der Waals surface area contributed by atoms with Crippen LogP contribution in [0.15, 0.2) is 39.8 Å². The zero-order valence-electron chi connectivity index (χ0n) is 21.3. The highest BCUT2D eigenvalue weighted by Gasteiger charge is 2.67. The molecule has 1 fully saturated rings. The third kappa shape index (κ3) is 5.73. The molecule has 4 rings (SSSR count). The van der Waals surface area contributed by atoms with Gasteiger partial charge in [0.15, 0.2) is 0 Å². The molecule has 1 aliphatic carbocycles. The molecule has 0 saturated heterocycles. The Kier molecular flexibility index (Phi) is 9.02. The molecule has 3 unspecified atom stereocenters. The van der Waals surface area contributed by atoms with E-state index in [1.54, 1.807) is 0 Å². The molecule has 0 N–H and O–H groups in total. The van der Waals surface area contributed by atoms with Gasteiger partial charge in [-0.05, 0) is 81.9 Å². The van der Waals surface area contributed by atoms with E-state index in [0.29, 0.717) is 6.42 Å². The highest BCUT2D eigenvalue weighted by molar-refractivity contribution is 9.10. The molecule has 2 aliphatic rings. The molecule has 212 valence electrons. The fraction of sp³-hybridized carbons (Fsp3) is 0.500. The average Bonchev–Trinajstić information content (AvgIpc) is 3.26. The number of esters is 1. The third-order valence-corrected chi connectivity index (χ3v) is 9.75. The van der Waals surface area contributed by atoms with E-state index in [1.165, 1.54) is 12.1 Å². The number of carbonyl (C=O) groups excluding carboxylic acids is 1. The zero-order chi connectivity index (χ0) is 28.9. The van der Waals surface area contributed by atoms with Crippen molar-refractivity contribution in [3.8, 4) is 0 Å². The lowest BCUT2D eigenvalue weighted by Gasteiger charge is -2.40. The van der Waals surface area contributed by atoms with Crippen LogP contribution in [0.5, 0.6) is 0 Å². The summed E-state index contributed by atoms with van der Waals surface area (Å²) in [5, 5.41) is -0.502. The third-order valence-electron chi connectivity index (χ3n) is 7.94. The molecule has 6 atom stereocenters. The van der Waals surface area contributed by atoms with E-state index in [4.69, 9.17) is 39.5 Å². The minimum atomic E-state index is -5.01. The van der Waals surface area contributed by atoms with Crippen LogP contribution in [-0.2, 0) is 14.9 Å². The summed E-state index contributed by atoms with van der Waals surface area (Å²) in [6.45, 7) is 6.06. The summed E-state index contributed by atoms with van der Waals surface area (Å²) >= 11 is 21.5. The quantitative estimate of drug-likeness (QED) is 0.180. The van der Waals surface area contributed by atoms with Crippen LogP contribution in [-0.4, -0.2) is 24.5 Å². The maximum absolute atomic E-state index is 15.3. The van der Waals surface area contributed by atoms with Crippen LogP contribution < -0.4 is 0 Å². The Morgan fingerprint density at radius 3 is 2.33 bits per heavy atom. The van der Waals surface area contributed by atoms with Crippen molar-refractivity contribution in [2.45, 2.75) is 63.8 Å². The van der Waals surface area contributed by atoms with Gasteiger partial charge < -0.3 is 4.74 Å². The molecule has 1 saturated carbocycles. The lowest BCUT2D eigenvalue weighted by molar-refractivity contribution is -0.197. The number of ether oxygens (including phenoxy) is 1. The smallest absolute Gasteiger partial charge is 0.404 e. The molecule has 2 aromatic carbocycles. The van der Waals surface area contributed by atoms with Crippen LogP contribution in [0.1, 0.15) is 57.2 Å². The molecular weight excluding hydrogens is 645 g/mol. The number of hydrogen-bond acceptors (Lipinski definition) is 3. The van der Waals surface area contributed by atoms with Crippen molar-refractivity contribution in [1.29, 1.82) is 0 Å². The average molecular weight is 672 g/mol. The Bertz CT molecular complexity index is 1260. The van der Waals surface area contributed by atoms with Gasteiger partial charge >= 0.3 is 12.1 Å². The number of nitrogens with zero attached hydrogens (tertiary/aromatic N) is 1. The first-order valence-corrected chi connectivity index (χ1v) is 14.5. The Morgan fingerprint density at radius 1 is 1.13 bits per heavy atom. The first-order chi connectivity index (χ1) is 18.2. The van der Waals surface area contributed by atoms with Crippen LogP contribution >= 0.6 is 50.7 Å². The molecule has 2 aromatic rings. The Balaban J connectivity index is 1.88. The number of aliphatic imine (C=N–C) groups is 1. The van der Waals surface area contributed by atoms with Crippen molar-refractivity contribution in [3.05, 3.63) is 66.8 Å². The van der Waals surface area contributed by atoms with E-state index in [-0.39, 0.29) is 48.4 Å². The Hall–Kier alpha value is -1.35. The lowest BCUT2D eigenvalue weighted by Crippen LogP contribution is -2.53. The first-order valence-electron chi connectivity index (χ1n) is 12.6. The highest BCUT2D eigenvalue weighted by atomic mass is 79.9. The SMILES string of the molecule is CC(C)C1CC[C@@H](C)C[C@H]1OC(=O)C1[C@@H](c2ccc(F)c(Br)c2)N=CC1(c1cc(Cl)c(Cl)c(Cl)c1)C(F)(F)F. The molecule has 11 heteroatoms. The molecule has 0 aromatic heterocycles. The van der Waals surface area contributed by atoms with Gasteiger partial charge in [-0.2, -0.15) is 13.2 Å². The van der Waals surface area contributed by atoms with E-state index in [9.17, 15) is 9.18 Å². The van der Waals surface area contributed by atoms with Gasteiger partial charge in [-0.15, -0.1) is 0 Å². The molecule has 0 radical (unpaired) electrons. The van der Waals surface area contributed by atoms with Gasteiger partial charge in [0.05, 0.1) is 25.6 Å². The number of halogens is 8. The fourth-order valence-electron chi connectivity index (χ4n) is 5.84. The van der Waals surface area contributed by atoms with Crippen molar-refractivity contribution in [2.24, 2.45) is 28.7 Å². The van der Waals surface area contributed by atoms with Gasteiger partial charge in [0.1, 0.15) is 23.3 Å². The van der Waals surface area contributed by atoms with Gasteiger partial charge in [-0.3, -0.25) is 9.79 Å². The molecule has 1 aliphatic heterocycles. The van der Waals surface area contributed by atoms with Crippen molar-refractivity contribution < 1.29 is 27.1 Å². The predicted molar refractivity (Wildman–Crippen MR) is 149 cm³/mol. The maximum atomic E-state index is 15.3. The van der Waals surface area contributed by atoms with Crippen molar-refractivity contribution >= 4 is 62.9 Å². The second kappa shape index (κ2) is 11.5. The minimum Gasteiger partial charge on any atom is -0.462 e. The monoisotopic (exact) mass is 669 g/mol. The second-order valence-corrected chi connectivity index (χ2v) is 12.8. The van der Waals surface area contributed by atoms with Crippen LogP contribution in [0.2, 0.25) is 15.1 Å². The normalized spacial score (nSPS) is 29.2. The number of rotatable bonds is 5. The van der Waals surface area contributed by atoms with E-state index in [0.717, 1.165) is 37.3 Å². The molecule has 39 heavy (non-hydrogen) atoms. The second-order valence-electron chi connectivity index (χ2n) is 10.8. The minimum absolute atomic E-state index is 0.00518. The van der Waals surface area contributed by atoms with Crippen LogP contribution in [0.25, 0.3) is 0 Å². The van der Waals surface area contributed by atoms with Crippen LogP contribution in [0.4, 0.5) is 17.6 Å². The zero-order valence-corrected chi connectivity index (χ0v) is 25.2. The van der Waals surface area contributed by atoms with Crippen molar-refractivity contribution in [1.82, 2.24) is 0 Å². The van der Waals surface area contributed by atoms with E-state index >= 15 is 13.2 Å². The summed E-state index contributed by atoms with van der Waals surface area (Å²) in [4.78, 5) is 18.2. The molecule has 1 heterocycles. The van der Waals surface area contributed by atoms with Gasteiger partial charge in [-0.25, -0.2) is 4.39 Å². The number of carbonyl (C=O) groups is 1. The summed E-state index contributed by atoms with van der Waals surface area (Å²) < 4.78 is 65.9. The number of hydrogen-bond donors (Lipinski definition) is 0. The standard InChI is InChI=1S/C28H27BrCl3F4NO2/c1-13(2)17-6-4-14(3)8-22(17)39-26(38)23-25(15-5-7-21(33)18(29)9-15)37-12-27(23,28(34,35)36)16-10-19(30)24(32)20(31)11-16/h5,7,9-14,17,22-23,25H,4,6,8H2,1-3H3/t14-,17?,22-,23?,25-,27?/m1/s1. The summed E-state index contributed by atoms with van der Waals surface area (Å²) in [7, 11) is 0. The van der Waals surface area contributed by atoms with E-state index in [1.807, 2.05) is 20.8 Å². The largest absolute Gasteiger partial charge is 0.462 e. The summed E-state index contributed by atoms with van der Waals surface area (Å²) in [6.07, 6.45) is -2.54. The first kappa shape index (κ1) is 30.6. The summed E-state index contributed by atoms with van der Waals surface area (Å²) in [5.41, 5.74) is -3.10. The van der Waals surface area contributed by atoms with E-state index in [2.05, 4.69) is 20.9 Å².